The van der Waals surface area contributed by atoms with E-state index in [1.165, 1.54) is 32.8 Å². The number of hydrogen-bond donors (Lipinski definition) is 0. The van der Waals surface area contributed by atoms with Gasteiger partial charge in [-0.25, -0.2) is 0 Å². The standard InChI is InChI=1S/C12H22O3/c1-10(9-12(13)14-2)15-11-7-5-3-4-6-8-11/h10-11H,3-9H2,1-2H3. The van der Waals surface area contributed by atoms with Gasteiger partial charge < -0.3 is 9.47 Å². The van der Waals surface area contributed by atoms with E-state index in [9.17, 15) is 4.79 Å². The lowest BCUT2D eigenvalue weighted by molar-refractivity contribution is -0.144. The molecule has 0 aliphatic heterocycles. The average Bonchev–Trinajstić information content (AvgIpc) is 2.46. The van der Waals surface area contributed by atoms with Gasteiger partial charge in [-0.2, -0.15) is 0 Å². The van der Waals surface area contributed by atoms with E-state index < -0.39 is 0 Å². The topological polar surface area (TPSA) is 35.5 Å². The van der Waals surface area contributed by atoms with E-state index in [1.54, 1.807) is 0 Å². The normalized spacial score (nSPS) is 20.7. The Kier molecular flexibility index (Phi) is 5.69. The molecule has 1 saturated carbocycles. The molecule has 0 aromatic rings. The van der Waals surface area contributed by atoms with Gasteiger partial charge >= 0.3 is 5.97 Å². The first-order valence-corrected chi connectivity index (χ1v) is 5.94. The van der Waals surface area contributed by atoms with Crippen LogP contribution in [0, 0.1) is 0 Å². The van der Waals surface area contributed by atoms with Crippen molar-refractivity contribution in [2.24, 2.45) is 0 Å². The molecule has 0 aromatic heterocycles. The first-order valence-electron chi connectivity index (χ1n) is 5.94. The Morgan fingerprint density at radius 1 is 1.27 bits per heavy atom. The van der Waals surface area contributed by atoms with Crippen LogP contribution in [-0.4, -0.2) is 25.3 Å². The fourth-order valence-electron chi connectivity index (χ4n) is 2.07. The maximum Gasteiger partial charge on any atom is 0.308 e. The quantitative estimate of drug-likeness (QED) is 0.533. The molecule has 0 amide bonds. The molecular weight excluding hydrogens is 192 g/mol. The van der Waals surface area contributed by atoms with Gasteiger partial charge in [0.05, 0.1) is 25.7 Å². The molecule has 1 aliphatic rings. The van der Waals surface area contributed by atoms with Crippen molar-refractivity contribution < 1.29 is 14.3 Å². The summed E-state index contributed by atoms with van der Waals surface area (Å²) in [6.45, 7) is 1.95. The molecule has 0 saturated heterocycles. The number of esters is 1. The minimum absolute atomic E-state index is 0.0134. The molecule has 0 spiro atoms. The maximum atomic E-state index is 11.0. The second-order valence-corrected chi connectivity index (χ2v) is 4.34. The monoisotopic (exact) mass is 214 g/mol. The Balaban J connectivity index is 2.23. The summed E-state index contributed by atoms with van der Waals surface area (Å²) in [5.74, 6) is -0.184. The lowest BCUT2D eigenvalue weighted by Gasteiger charge is -2.20. The predicted octanol–water partition coefficient (Wildman–Crippen LogP) is 2.68. The highest BCUT2D eigenvalue weighted by atomic mass is 16.5. The van der Waals surface area contributed by atoms with Crippen molar-refractivity contribution in [3.8, 4) is 0 Å². The largest absolute Gasteiger partial charge is 0.469 e. The number of carbonyl (C=O) groups is 1. The molecule has 1 fully saturated rings. The summed E-state index contributed by atoms with van der Waals surface area (Å²) in [5.41, 5.74) is 0. The Bertz CT molecular complexity index is 183. The minimum Gasteiger partial charge on any atom is -0.469 e. The zero-order chi connectivity index (χ0) is 11.1. The van der Waals surface area contributed by atoms with Gasteiger partial charge in [0.15, 0.2) is 0 Å². The number of ether oxygens (including phenoxy) is 2. The maximum absolute atomic E-state index is 11.0. The van der Waals surface area contributed by atoms with E-state index >= 15 is 0 Å². The van der Waals surface area contributed by atoms with Crippen molar-refractivity contribution in [3.63, 3.8) is 0 Å². The van der Waals surface area contributed by atoms with Crippen LogP contribution >= 0.6 is 0 Å². The van der Waals surface area contributed by atoms with Crippen LogP contribution < -0.4 is 0 Å². The van der Waals surface area contributed by atoms with E-state index in [-0.39, 0.29) is 12.1 Å². The van der Waals surface area contributed by atoms with E-state index in [2.05, 4.69) is 4.74 Å². The average molecular weight is 214 g/mol. The summed E-state index contributed by atoms with van der Waals surface area (Å²) in [7, 11) is 1.42. The van der Waals surface area contributed by atoms with E-state index in [4.69, 9.17) is 4.74 Å². The highest BCUT2D eigenvalue weighted by Gasteiger charge is 2.17. The molecular formula is C12H22O3. The van der Waals surface area contributed by atoms with E-state index in [0.29, 0.717) is 12.5 Å². The molecule has 0 heterocycles. The SMILES string of the molecule is COC(=O)CC(C)OC1CCCCCC1. The van der Waals surface area contributed by atoms with Gasteiger partial charge in [-0.15, -0.1) is 0 Å². The molecule has 0 N–H and O–H groups in total. The molecule has 1 atom stereocenters. The zero-order valence-corrected chi connectivity index (χ0v) is 9.83. The molecule has 88 valence electrons. The van der Waals surface area contributed by atoms with Crippen LogP contribution in [0.3, 0.4) is 0 Å². The van der Waals surface area contributed by atoms with Crippen LogP contribution in [0.5, 0.6) is 0 Å². The minimum atomic E-state index is -0.184. The second kappa shape index (κ2) is 6.83. The first-order chi connectivity index (χ1) is 7.22. The molecule has 1 aliphatic carbocycles. The first kappa shape index (κ1) is 12.5. The third-order valence-electron chi connectivity index (χ3n) is 2.91. The van der Waals surface area contributed by atoms with E-state index in [1.807, 2.05) is 6.92 Å². The number of carbonyl (C=O) groups excluding carboxylic acids is 1. The fraction of sp³-hybridized carbons (Fsp3) is 0.917. The van der Waals surface area contributed by atoms with Crippen molar-refractivity contribution >= 4 is 5.97 Å². The smallest absolute Gasteiger partial charge is 0.308 e. The van der Waals surface area contributed by atoms with Crippen LogP contribution in [0.15, 0.2) is 0 Å². The van der Waals surface area contributed by atoms with Crippen LogP contribution in [0.4, 0.5) is 0 Å². The van der Waals surface area contributed by atoms with Crippen LogP contribution in [0.25, 0.3) is 0 Å². The molecule has 1 unspecified atom stereocenters. The third kappa shape index (κ3) is 5.17. The van der Waals surface area contributed by atoms with Crippen molar-refractivity contribution in [1.82, 2.24) is 0 Å². The molecule has 3 nitrogen and oxygen atoms in total. The van der Waals surface area contributed by atoms with Crippen molar-refractivity contribution in [3.05, 3.63) is 0 Å². The summed E-state index contributed by atoms with van der Waals surface area (Å²) >= 11 is 0. The Labute approximate surface area is 92.1 Å². The molecule has 3 heteroatoms. The summed E-state index contributed by atoms with van der Waals surface area (Å²) in [5, 5.41) is 0. The van der Waals surface area contributed by atoms with Gasteiger partial charge in [-0.05, 0) is 19.8 Å². The van der Waals surface area contributed by atoms with Gasteiger partial charge in [-0.3, -0.25) is 4.79 Å². The van der Waals surface area contributed by atoms with E-state index in [0.717, 1.165) is 12.8 Å². The number of rotatable bonds is 4. The van der Waals surface area contributed by atoms with Gasteiger partial charge in [-0.1, -0.05) is 25.7 Å². The van der Waals surface area contributed by atoms with Crippen molar-refractivity contribution in [2.75, 3.05) is 7.11 Å². The summed E-state index contributed by atoms with van der Waals surface area (Å²) < 4.78 is 10.5. The van der Waals surface area contributed by atoms with Crippen LogP contribution in [0.1, 0.15) is 51.9 Å². The Morgan fingerprint density at radius 3 is 2.40 bits per heavy atom. The lowest BCUT2D eigenvalue weighted by Crippen LogP contribution is -2.22. The molecule has 15 heavy (non-hydrogen) atoms. The van der Waals surface area contributed by atoms with Crippen LogP contribution in [0.2, 0.25) is 0 Å². The highest BCUT2D eigenvalue weighted by Crippen LogP contribution is 2.21. The summed E-state index contributed by atoms with van der Waals surface area (Å²) in [6.07, 6.45) is 8.17. The molecule has 0 radical (unpaired) electrons. The number of hydrogen-bond acceptors (Lipinski definition) is 3. The van der Waals surface area contributed by atoms with Crippen molar-refractivity contribution in [1.29, 1.82) is 0 Å². The van der Waals surface area contributed by atoms with Gasteiger partial charge in [0.2, 0.25) is 0 Å². The molecule has 1 rings (SSSR count). The van der Waals surface area contributed by atoms with Crippen LogP contribution in [-0.2, 0) is 14.3 Å². The lowest BCUT2D eigenvalue weighted by atomic mass is 10.1. The Hall–Kier alpha value is -0.570. The summed E-state index contributed by atoms with van der Waals surface area (Å²) in [6, 6.07) is 0. The Morgan fingerprint density at radius 2 is 1.87 bits per heavy atom. The second-order valence-electron chi connectivity index (χ2n) is 4.34. The van der Waals surface area contributed by atoms with Crippen molar-refractivity contribution in [2.45, 2.75) is 64.1 Å². The summed E-state index contributed by atoms with van der Waals surface area (Å²) in [4.78, 5) is 11.0. The third-order valence-corrected chi connectivity index (χ3v) is 2.91. The van der Waals surface area contributed by atoms with Gasteiger partial charge in [0, 0.05) is 0 Å². The predicted molar refractivity (Wildman–Crippen MR) is 58.7 cm³/mol. The number of methoxy groups -OCH3 is 1. The van der Waals surface area contributed by atoms with Gasteiger partial charge in [0.1, 0.15) is 0 Å². The highest BCUT2D eigenvalue weighted by molar-refractivity contribution is 5.69. The fourth-order valence-corrected chi connectivity index (χ4v) is 2.07. The zero-order valence-electron chi connectivity index (χ0n) is 9.83. The van der Waals surface area contributed by atoms with Gasteiger partial charge in [0.25, 0.3) is 0 Å². The molecule has 0 bridgehead atoms. The molecule has 0 aromatic carbocycles.